The molecule has 0 radical (unpaired) electrons. The lowest BCUT2D eigenvalue weighted by Crippen LogP contribution is -2.51. The van der Waals surface area contributed by atoms with Gasteiger partial charge in [0.05, 0.1) is 27.5 Å². The van der Waals surface area contributed by atoms with E-state index in [0.29, 0.717) is 71.1 Å². The third kappa shape index (κ3) is 3.49. The van der Waals surface area contributed by atoms with Gasteiger partial charge in [0.2, 0.25) is 0 Å². The fraction of sp³-hybridized carbons (Fsp3) is 0. The van der Waals surface area contributed by atoms with Crippen LogP contribution in [0.3, 0.4) is 0 Å². The van der Waals surface area contributed by atoms with Crippen LogP contribution in [-0.4, -0.2) is 35.6 Å². The molecule has 252 valence electrons. The van der Waals surface area contributed by atoms with Crippen molar-refractivity contribution in [3.05, 3.63) is 106 Å². The van der Waals surface area contributed by atoms with Crippen molar-refractivity contribution in [1.29, 1.82) is 0 Å². The number of hydrogen-bond donors (Lipinski definition) is 2. The minimum Gasteiger partial charge on any atom is -0.298 e. The molecule has 11 rings (SSSR count). The molecule has 52 heavy (non-hydrogen) atoms. The number of fused-ring (bicyclic) bond motifs is 10. The van der Waals surface area contributed by atoms with Crippen molar-refractivity contribution in [3.63, 3.8) is 0 Å². The van der Waals surface area contributed by atoms with Gasteiger partial charge in [-0.15, -0.1) is 0 Å². The summed E-state index contributed by atoms with van der Waals surface area (Å²) in [5, 5.41) is 8.17. The Labute approximate surface area is 288 Å². The monoisotopic (exact) mass is 728 g/mol. The zero-order chi connectivity index (χ0) is 35.6. The van der Waals surface area contributed by atoms with E-state index < -0.39 is 20.2 Å². The summed E-state index contributed by atoms with van der Waals surface area (Å²) in [4.78, 5) is 37.7. The second-order valence-corrected chi connectivity index (χ2v) is 16.0. The van der Waals surface area contributed by atoms with Gasteiger partial charge in [-0.2, -0.15) is 28.6 Å². The van der Waals surface area contributed by atoms with Crippen molar-refractivity contribution in [2.75, 3.05) is 0 Å². The number of quaternary nitrogens is 2. The van der Waals surface area contributed by atoms with Crippen LogP contribution < -0.4 is 22.7 Å². The standard InChI is InChI=1S/C36H20N6O8S2/c37-49-51(45,46)16-3-8-25-26(9-16)41-13-15-1-4-18-21-11-28(43)23-14-42-27-10-17(52(47,48)50-38)2-7-24(27)39-35(42)20-6-5-19(32(21)33(20)23)22-12-29(44)34(36(41)40-25)30(15)31(18)22/h1-14H,37-38H3/q+2. The Kier molecular flexibility index (Phi) is 5.34. The van der Waals surface area contributed by atoms with E-state index in [4.69, 9.17) is 9.97 Å². The third-order valence-electron chi connectivity index (χ3n) is 10.3. The van der Waals surface area contributed by atoms with Crippen molar-refractivity contribution in [3.8, 4) is 0 Å². The maximum atomic E-state index is 14.2. The van der Waals surface area contributed by atoms with Gasteiger partial charge >= 0.3 is 20.2 Å². The molecular formula is C36H20N6O8S2+2. The predicted octanol–water partition coefficient (Wildman–Crippen LogP) is 2.97. The molecule has 0 aliphatic carbocycles. The highest BCUT2D eigenvalue weighted by atomic mass is 32.2. The van der Waals surface area contributed by atoms with Crippen molar-refractivity contribution >= 4 is 118 Å². The van der Waals surface area contributed by atoms with Gasteiger partial charge in [-0.25, -0.2) is 9.97 Å². The second-order valence-electron chi connectivity index (χ2n) is 12.8. The van der Waals surface area contributed by atoms with Gasteiger partial charge in [0.15, 0.2) is 10.9 Å². The molecule has 0 atom stereocenters. The fourth-order valence-electron chi connectivity index (χ4n) is 8.14. The quantitative estimate of drug-likeness (QED) is 0.154. The van der Waals surface area contributed by atoms with E-state index in [0.717, 1.165) is 26.9 Å². The highest BCUT2D eigenvalue weighted by Crippen LogP contribution is 2.45. The first-order chi connectivity index (χ1) is 25.0. The van der Waals surface area contributed by atoms with Gasteiger partial charge in [0, 0.05) is 33.9 Å². The third-order valence-corrected chi connectivity index (χ3v) is 12.6. The van der Waals surface area contributed by atoms with Crippen LogP contribution in [0.1, 0.15) is 0 Å². The van der Waals surface area contributed by atoms with Crippen molar-refractivity contribution in [1.82, 2.24) is 18.8 Å². The minimum atomic E-state index is -4.09. The molecule has 0 aliphatic heterocycles. The van der Waals surface area contributed by atoms with Crippen molar-refractivity contribution in [2.24, 2.45) is 0 Å². The summed E-state index contributed by atoms with van der Waals surface area (Å²) < 4.78 is 62.2. The van der Waals surface area contributed by atoms with Crippen molar-refractivity contribution in [2.45, 2.75) is 9.79 Å². The van der Waals surface area contributed by atoms with E-state index in [1.807, 2.05) is 30.5 Å². The Balaban J connectivity index is 1.28. The topological polar surface area (TPSA) is 211 Å². The molecule has 14 nitrogen and oxygen atoms in total. The van der Waals surface area contributed by atoms with E-state index in [9.17, 15) is 26.4 Å². The first kappa shape index (κ1) is 29.6. The molecule has 7 aromatic carbocycles. The SMILES string of the molecule is [NH3+]OS(=O)(=O)c1ccc2nc3c4ccc5c6cc(=O)c7c8c(ccc(c9cc(=O)c(cn3c2c1)c4c95)c68)cn1c2cc(S(=O)(=O)O[NH3+])ccc2nc71. The molecule has 0 saturated heterocycles. The lowest BCUT2D eigenvalue weighted by molar-refractivity contribution is -0.635. The maximum Gasteiger partial charge on any atom is 0.342 e. The summed E-state index contributed by atoms with van der Waals surface area (Å²) >= 11 is 0. The molecule has 16 heteroatoms. The van der Waals surface area contributed by atoms with Crippen LogP contribution in [0.4, 0.5) is 0 Å². The highest BCUT2D eigenvalue weighted by molar-refractivity contribution is 7.86. The first-order valence-corrected chi connectivity index (χ1v) is 18.5. The molecule has 4 aromatic heterocycles. The van der Waals surface area contributed by atoms with E-state index in [1.165, 1.54) is 24.3 Å². The Morgan fingerprint density at radius 1 is 0.500 bits per heavy atom. The molecule has 0 spiro atoms. The summed E-state index contributed by atoms with van der Waals surface area (Å²) in [6, 6.07) is 19.6. The molecule has 11 aromatic rings. The van der Waals surface area contributed by atoms with Crippen LogP contribution in [0.15, 0.2) is 105 Å². The van der Waals surface area contributed by atoms with Gasteiger partial charge in [-0.05, 0) is 92.3 Å². The van der Waals surface area contributed by atoms with Crippen LogP contribution in [-0.2, 0) is 28.8 Å². The average Bonchev–Trinajstić information content (AvgIpc) is 3.71. The Morgan fingerprint density at radius 2 is 1.02 bits per heavy atom. The Hall–Kier alpha value is -6.14. The van der Waals surface area contributed by atoms with Gasteiger partial charge in [-0.3, -0.25) is 18.4 Å². The van der Waals surface area contributed by atoms with E-state index >= 15 is 0 Å². The number of pyridine rings is 2. The molecule has 6 N–H and O–H groups in total. The molecule has 4 heterocycles. The number of imidazole rings is 2. The normalized spacial score (nSPS) is 13.4. The summed E-state index contributed by atoms with van der Waals surface area (Å²) in [6.07, 6.45) is 3.51. The van der Waals surface area contributed by atoms with Crippen LogP contribution in [0.25, 0.3) is 98.0 Å². The first-order valence-electron chi connectivity index (χ1n) is 15.7. The number of aromatic nitrogens is 4. The number of hydrogen-bond acceptors (Lipinski definition) is 10. The summed E-state index contributed by atoms with van der Waals surface area (Å²) in [6.45, 7) is 0. The van der Waals surface area contributed by atoms with E-state index in [-0.39, 0.29) is 20.6 Å². The van der Waals surface area contributed by atoms with E-state index in [1.54, 1.807) is 39.3 Å². The lowest BCUT2D eigenvalue weighted by atomic mass is 9.86. The summed E-state index contributed by atoms with van der Waals surface area (Å²) in [5.74, 6) is 6.12. The zero-order valence-corrected chi connectivity index (χ0v) is 28.0. The van der Waals surface area contributed by atoms with Crippen LogP contribution in [0.2, 0.25) is 0 Å². The minimum absolute atomic E-state index is 0.0938. The van der Waals surface area contributed by atoms with Gasteiger partial charge < -0.3 is 0 Å². The Bertz CT molecular complexity index is 3740. The molecule has 0 saturated carbocycles. The fourth-order valence-corrected chi connectivity index (χ4v) is 9.39. The largest absolute Gasteiger partial charge is 0.342 e. The summed E-state index contributed by atoms with van der Waals surface area (Å²) in [5.41, 5.74) is 2.36. The van der Waals surface area contributed by atoms with Gasteiger partial charge in [0.1, 0.15) is 21.1 Å². The molecule has 0 fully saturated rings. The molecule has 0 aliphatic rings. The van der Waals surface area contributed by atoms with Crippen LogP contribution >= 0.6 is 0 Å². The van der Waals surface area contributed by atoms with Crippen molar-refractivity contribution < 1.29 is 37.2 Å². The molecule has 0 bridgehead atoms. The smallest absolute Gasteiger partial charge is 0.298 e. The number of nitrogens with zero attached hydrogens (tertiary/aromatic N) is 4. The lowest BCUT2D eigenvalue weighted by Gasteiger charge is -2.18. The molecular weight excluding hydrogens is 709 g/mol. The molecule has 0 unspecified atom stereocenters. The van der Waals surface area contributed by atoms with Crippen LogP contribution in [0.5, 0.6) is 0 Å². The number of benzene rings is 7. The summed E-state index contributed by atoms with van der Waals surface area (Å²) in [7, 11) is -8.17. The number of rotatable bonds is 4. The highest BCUT2D eigenvalue weighted by Gasteiger charge is 2.25. The zero-order valence-electron chi connectivity index (χ0n) is 26.4. The second kappa shape index (κ2) is 9.39. The van der Waals surface area contributed by atoms with Crippen LogP contribution in [0, 0.1) is 0 Å². The van der Waals surface area contributed by atoms with Gasteiger partial charge in [0.25, 0.3) is 0 Å². The molecule has 0 amide bonds. The predicted molar refractivity (Wildman–Crippen MR) is 192 cm³/mol. The maximum absolute atomic E-state index is 14.2. The average molecular weight is 729 g/mol. The van der Waals surface area contributed by atoms with E-state index in [2.05, 4.69) is 20.4 Å². The Morgan fingerprint density at radius 3 is 1.65 bits per heavy atom. The van der Waals surface area contributed by atoms with Gasteiger partial charge in [-0.1, -0.05) is 26.8 Å².